The van der Waals surface area contributed by atoms with Gasteiger partial charge in [-0.3, -0.25) is 9.78 Å². The molecule has 1 unspecified atom stereocenters. The molecule has 0 saturated heterocycles. The number of pyridine rings is 1. The molecule has 0 aromatic carbocycles. The first-order chi connectivity index (χ1) is 7.61. The SMILES string of the molecule is CCCC(C)(CC)NC(=O)c1cccnc1. The second-order valence-corrected chi connectivity index (χ2v) is 4.36. The summed E-state index contributed by atoms with van der Waals surface area (Å²) in [6.45, 7) is 6.31. The zero-order valence-electron chi connectivity index (χ0n) is 10.3. The molecule has 1 aromatic heterocycles. The number of carbonyl (C=O) groups is 1. The summed E-state index contributed by atoms with van der Waals surface area (Å²) < 4.78 is 0. The first-order valence-corrected chi connectivity index (χ1v) is 5.84. The van der Waals surface area contributed by atoms with Crippen LogP contribution < -0.4 is 5.32 Å². The smallest absolute Gasteiger partial charge is 0.253 e. The van der Waals surface area contributed by atoms with Crippen molar-refractivity contribution in [3.63, 3.8) is 0 Å². The monoisotopic (exact) mass is 220 g/mol. The Hall–Kier alpha value is -1.38. The molecule has 1 amide bonds. The molecule has 0 radical (unpaired) electrons. The molecule has 1 aromatic rings. The normalized spacial score (nSPS) is 14.2. The fourth-order valence-electron chi connectivity index (χ4n) is 1.72. The molecule has 0 aliphatic carbocycles. The van der Waals surface area contributed by atoms with Gasteiger partial charge in [0.1, 0.15) is 0 Å². The highest BCUT2D eigenvalue weighted by Crippen LogP contribution is 2.17. The lowest BCUT2D eigenvalue weighted by Crippen LogP contribution is -2.45. The molecule has 3 nitrogen and oxygen atoms in total. The fourth-order valence-corrected chi connectivity index (χ4v) is 1.72. The van der Waals surface area contributed by atoms with E-state index in [9.17, 15) is 4.79 Å². The van der Waals surface area contributed by atoms with E-state index in [1.165, 1.54) is 0 Å². The molecule has 0 aliphatic heterocycles. The molecule has 0 spiro atoms. The number of amides is 1. The molecule has 0 aliphatic rings. The summed E-state index contributed by atoms with van der Waals surface area (Å²) in [6, 6.07) is 3.56. The lowest BCUT2D eigenvalue weighted by Gasteiger charge is -2.29. The topological polar surface area (TPSA) is 42.0 Å². The average molecular weight is 220 g/mol. The van der Waals surface area contributed by atoms with Crippen molar-refractivity contribution >= 4 is 5.91 Å². The summed E-state index contributed by atoms with van der Waals surface area (Å²) in [6.07, 6.45) is 6.26. The van der Waals surface area contributed by atoms with Gasteiger partial charge >= 0.3 is 0 Å². The van der Waals surface area contributed by atoms with Gasteiger partial charge in [0.25, 0.3) is 5.91 Å². The van der Waals surface area contributed by atoms with Gasteiger partial charge in [-0.1, -0.05) is 20.3 Å². The van der Waals surface area contributed by atoms with E-state index in [4.69, 9.17) is 0 Å². The van der Waals surface area contributed by atoms with Gasteiger partial charge in [0.2, 0.25) is 0 Å². The van der Waals surface area contributed by atoms with Crippen LogP contribution in [0, 0.1) is 0 Å². The Morgan fingerprint density at radius 3 is 2.75 bits per heavy atom. The molecule has 1 heterocycles. The predicted molar refractivity (Wildman–Crippen MR) is 65.3 cm³/mol. The number of nitrogens with zero attached hydrogens (tertiary/aromatic N) is 1. The largest absolute Gasteiger partial charge is 0.347 e. The van der Waals surface area contributed by atoms with Crippen molar-refractivity contribution in [1.82, 2.24) is 10.3 Å². The van der Waals surface area contributed by atoms with Crippen LogP contribution in [0.1, 0.15) is 50.4 Å². The first-order valence-electron chi connectivity index (χ1n) is 5.84. The lowest BCUT2D eigenvalue weighted by atomic mass is 9.92. The summed E-state index contributed by atoms with van der Waals surface area (Å²) >= 11 is 0. The van der Waals surface area contributed by atoms with E-state index >= 15 is 0 Å². The number of nitrogens with one attached hydrogen (secondary N) is 1. The van der Waals surface area contributed by atoms with E-state index in [1.807, 2.05) is 0 Å². The van der Waals surface area contributed by atoms with E-state index < -0.39 is 0 Å². The van der Waals surface area contributed by atoms with Crippen molar-refractivity contribution in [2.75, 3.05) is 0 Å². The maximum absolute atomic E-state index is 11.9. The van der Waals surface area contributed by atoms with Gasteiger partial charge in [0.15, 0.2) is 0 Å². The number of hydrogen-bond acceptors (Lipinski definition) is 2. The molecule has 16 heavy (non-hydrogen) atoms. The number of hydrogen-bond donors (Lipinski definition) is 1. The van der Waals surface area contributed by atoms with E-state index in [0.29, 0.717) is 5.56 Å². The average Bonchev–Trinajstić information content (AvgIpc) is 2.30. The molecule has 3 heteroatoms. The zero-order chi connectivity index (χ0) is 12.0. The van der Waals surface area contributed by atoms with Crippen molar-refractivity contribution in [3.05, 3.63) is 30.1 Å². The van der Waals surface area contributed by atoms with Gasteiger partial charge in [0, 0.05) is 17.9 Å². The molecule has 88 valence electrons. The Balaban J connectivity index is 2.70. The second-order valence-electron chi connectivity index (χ2n) is 4.36. The molecule has 1 rings (SSSR count). The van der Waals surface area contributed by atoms with Crippen LogP contribution in [0.4, 0.5) is 0 Å². The maximum atomic E-state index is 11.9. The highest BCUT2D eigenvalue weighted by molar-refractivity contribution is 5.94. The zero-order valence-corrected chi connectivity index (χ0v) is 10.3. The Morgan fingerprint density at radius 2 is 2.25 bits per heavy atom. The second kappa shape index (κ2) is 5.64. The quantitative estimate of drug-likeness (QED) is 0.829. The first kappa shape index (κ1) is 12.7. The van der Waals surface area contributed by atoms with E-state index in [1.54, 1.807) is 24.5 Å². The summed E-state index contributed by atoms with van der Waals surface area (Å²) in [5.41, 5.74) is 0.514. The van der Waals surface area contributed by atoms with Gasteiger partial charge in [-0.05, 0) is 31.9 Å². The number of rotatable bonds is 5. The molecule has 1 N–H and O–H groups in total. The van der Waals surface area contributed by atoms with Crippen LogP contribution >= 0.6 is 0 Å². The van der Waals surface area contributed by atoms with Gasteiger partial charge in [-0.15, -0.1) is 0 Å². The highest BCUT2D eigenvalue weighted by Gasteiger charge is 2.23. The van der Waals surface area contributed by atoms with Crippen molar-refractivity contribution < 1.29 is 4.79 Å². The van der Waals surface area contributed by atoms with Crippen molar-refractivity contribution in [2.45, 2.75) is 45.6 Å². The lowest BCUT2D eigenvalue weighted by molar-refractivity contribution is 0.0898. The third-order valence-corrected chi connectivity index (χ3v) is 2.92. The van der Waals surface area contributed by atoms with Gasteiger partial charge < -0.3 is 5.32 Å². The molecule has 0 fully saturated rings. The molecule has 0 bridgehead atoms. The van der Waals surface area contributed by atoms with Crippen LogP contribution in [-0.4, -0.2) is 16.4 Å². The fraction of sp³-hybridized carbons (Fsp3) is 0.538. The summed E-state index contributed by atoms with van der Waals surface area (Å²) in [7, 11) is 0. The predicted octanol–water partition coefficient (Wildman–Crippen LogP) is 2.78. The molecule has 1 atom stereocenters. The third-order valence-electron chi connectivity index (χ3n) is 2.92. The highest BCUT2D eigenvalue weighted by atomic mass is 16.1. The minimum atomic E-state index is -0.109. The Bertz CT molecular complexity index is 337. The summed E-state index contributed by atoms with van der Waals surface area (Å²) in [4.78, 5) is 15.9. The van der Waals surface area contributed by atoms with Crippen molar-refractivity contribution in [2.24, 2.45) is 0 Å². The van der Waals surface area contributed by atoms with Gasteiger partial charge in [0.05, 0.1) is 5.56 Å². The molecular weight excluding hydrogens is 200 g/mol. The van der Waals surface area contributed by atoms with E-state index in [-0.39, 0.29) is 11.4 Å². The standard InChI is InChI=1S/C13H20N2O/c1-4-8-13(3,5-2)15-12(16)11-7-6-9-14-10-11/h6-7,9-10H,4-5,8H2,1-3H3,(H,15,16). The maximum Gasteiger partial charge on any atom is 0.253 e. The van der Waals surface area contributed by atoms with Crippen LogP contribution in [0.2, 0.25) is 0 Å². The van der Waals surface area contributed by atoms with Crippen molar-refractivity contribution in [3.8, 4) is 0 Å². The third kappa shape index (κ3) is 3.33. The van der Waals surface area contributed by atoms with Gasteiger partial charge in [-0.25, -0.2) is 0 Å². The van der Waals surface area contributed by atoms with Crippen LogP contribution in [-0.2, 0) is 0 Å². The van der Waals surface area contributed by atoms with Gasteiger partial charge in [-0.2, -0.15) is 0 Å². The van der Waals surface area contributed by atoms with E-state index in [2.05, 4.69) is 31.1 Å². The number of carbonyl (C=O) groups excluding carboxylic acids is 1. The molecule has 0 saturated carbocycles. The summed E-state index contributed by atoms with van der Waals surface area (Å²) in [5, 5.41) is 3.08. The minimum absolute atomic E-state index is 0.0362. The Kier molecular flexibility index (Phi) is 4.47. The van der Waals surface area contributed by atoms with Crippen LogP contribution in [0.15, 0.2) is 24.5 Å². The van der Waals surface area contributed by atoms with Crippen molar-refractivity contribution in [1.29, 1.82) is 0 Å². The minimum Gasteiger partial charge on any atom is -0.347 e. The van der Waals surface area contributed by atoms with E-state index in [0.717, 1.165) is 19.3 Å². The number of aromatic nitrogens is 1. The van der Waals surface area contributed by atoms with Crippen LogP contribution in [0.3, 0.4) is 0 Å². The van der Waals surface area contributed by atoms with Crippen LogP contribution in [0.5, 0.6) is 0 Å². The summed E-state index contributed by atoms with van der Waals surface area (Å²) in [5.74, 6) is -0.0362. The Morgan fingerprint density at radius 1 is 1.50 bits per heavy atom. The van der Waals surface area contributed by atoms with Crippen LogP contribution in [0.25, 0.3) is 0 Å². The molecular formula is C13H20N2O. The Labute approximate surface area is 97.3 Å².